The van der Waals surface area contributed by atoms with Gasteiger partial charge in [0.05, 0.1) is 6.54 Å². The van der Waals surface area contributed by atoms with Crippen LogP contribution in [0.15, 0.2) is 48.5 Å². The third-order valence-corrected chi connectivity index (χ3v) is 5.75. The molecule has 1 aliphatic heterocycles. The van der Waals surface area contributed by atoms with Crippen LogP contribution in [-0.2, 0) is 4.79 Å². The van der Waals surface area contributed by atoms with Gasteiger partial charge in [-0.05, 0) is 86.9 Å². The van der Waals surface area contributed by atoms with Crippen LogP contribution in [0.5, 0.6) is 0 Å². The Labute approximate surface area is 199 Å². The summed E-state index contributed by atoms with van der Waals surface area (Å²) in [6, 6.07) is 12.1. The predicted octanol–water partition coefficient (Wildman–Crippen LogP) is 4.41. The third-order valence-electron chi connectivity index (χ3n) is 5.17. The summed E-state index contributed by atoms with van der Waals surface area (Å²) in [5.74, 6) is 0.843. The highest BCUT2D eigenvalue weighted by atomic mass is 32.2. The second-order valence-electron chi connectivity index (χ2n) is 7.89. The van der Waals surface area contributed by atoms with Gasteiger partial charge in [0.2, 0.25) is 5.91 Å². The Balaban J connectivity index is 0.000000214. The molecule has 2 amide bonds. The van der Waals surface area contributed by atoms with E-state index in [-0.39, 0.29) is 30.0 Å². The molecule has 5 nitrogen and oxygen atoms in total. The Morgan fingerprint density at radius 1 is 0.970 bits per heavy atom. The molecule has 4 rings (SSSR count). The number of rotatable bonds is 6. The predicted molar refractivity (Wildman–Crippen MR) is 130 cm³/mol. The van der Waals surface area contributed by atoms with Crippen LogP contribution < -0.4 is 10.6 Å². The van der Waals surface area contributed by atoms with E-state index in [2.05, 4.69) is 16.9 Å². The molecule has 0 spiro atoms. The van der Waals surface area contributed by atoms with Crippen molar-refractivity contribution < 1.29 is 18.4 Å². The van der Waals surface area contributed by atoms with Gasteiger partial charge in [0.15, 0.2) is 0 Å². The molecule has 1 aliphatic carbocycles. The minimum absolute atomic E-state index is 0.00376. The molecule has 1 heterocycles. The fourth-order valence-corrected chi connectivity index (χ4v) is 3.52. The summed E-state index contributed by atoms with van der Waals surface area (Å²) in [5, 5.41) is 5.52. The number of thioether (sulfide) groups is 1. The van der Waals surface area contributed by atoms with Crippen LogP contribution >= 0.6 is 11.8 Å². The molecule has 0 radical (unpaired) electrons. The molecule has 2 aromatic rings. The minimum atomic E-state index is -0.389. The summed E-state index contributed by atoms with van der Waals surface area (Å²) >= 11 is 1.79. The normalized spacial score (nSPS) is 14.5. The van der Waals surface area contributed by atoms with Gasteiger partial charge in [0.1, 0.15) is 11.6 Å². The van der Waals surface area contributed by atoms with Gasteiger partial charge in [0.25, 0.3) is 5.91 Å². The Morgan fingerprint density at radius 2 is 1.52 bits per heavy atom. The van der Waals surface area contributed by atoms with Crippen LogP contribution in [0.2, 0.25) is 0 Å². The Morgan fingerprint density at radius 3 is 1.97 bits per heavy atom. The first-order valence-electron chi connectivity index (χ1n) is 11.1. The van der Waals surface area contributed by atoms with Gasteiger partial charge in [-0.25, -0.2) is 8.78 Å². The summed E-state index contributed by atoms with van der Waals surface area (Å²) in [4.78, 5) is 25.1. The largest absolute Gasteiger partial charge is 0.343 e. The standard InChI is InChI=1S/C13H15FN2O2.C9H9F.C3H9NS/c14-11-5-3-10(4-6-11)13(18)15-9-12(17)16-7-1-2-8-16;10-9-5-3-8(4-6-9)7-1-2-7;1-4-3-5-2/h3-6H,1-2,7-9H2,(H,15,18);3-7H,1-2H2;4H,3H2,1-2H3. The van der Waals surface area contributed by atoms with Crippen molar-refractivity contribution in [2.75, 3.05) is 38.8 Å². The molecule has 0 bridgehead atoms. The maximum absolute atomic E-state index is 12.7. The smallest absolute Gasteiger partial charge is 0.251 e. The summed E-state index contributed by atoms with van der Waals surface area (Å²) in [6.07, 6.45) is 6.68. The highest BCUT2D eigenvalue weighted by Crippen LogP contribution is 2.39. The molecule has 1 saturated heterocycles. The lowest BCUT2D eigenvalue weighted by Crippen LogP contribution is -2.38. The van der Waals surface area contributed by atoms with Crippen LogP contribution in [0, 0.1) is 11.6 Å². The molecular formula is C25H33F2N3O2S. The number of halogens is 2. The molecule has 0 aromatic heterocycles. The lowest BCUT2D eigenvalue weighted by Gasteiger charge is -2.15. The number of amides is 2. The molecule has 1 saturated carbocycles. The second-order valence-corrected chi connectivity index (χ2v) is 8.76. The highest BCUT2D eigenvalue weighted by Gasteiger charge is 2.22. The number of carbonyl (C=O) groups is 2. The highest BCUT2D eigenvalue weighted by molar-refractivity contribution is 7.98. The van der Waals surface area contributed by atoms with E-state index in [1.807, 2.05) is 19.2 Å². The fraction of sp³-hybridized carbons (Fsp3) is 0.440. The fourth-order valence-electron chi connectivity index (χ4n) is 3.23. The number of likely N-dealkylation sites (tertiary alicyclic amines) is 1. The average molecular weight is 478 g/mol. The Hall–Kier alpha value is -2.45. The molecule has 33 heavy (non-hydrogen) atoms. The van der Waals surface area contributed by atoms with Gasteiger partial charge in [-0.2, -0.15) is 0 Å². The van der Waals surface area contributed by atoms with Crippen molar-refractivity contribution in [2.24, 2.45) is 0 Å². The van der Waals surface area contributed by atoms with Crippen molar-refractivity contribution in [3.8, 4) is 0 Å². The Bertz CT molecular complexity index is 851. The van der Waals surface area contributed by atoms with E-state index in [1.54, 1.807) is 16.7 Å². The number of benzene rings is 2. The zero-order chi connectivity index (χ0) is 24.1. The minimum Gasteiger partial charge on any atom is -0.343 e. The Kier molecular flexibility index (Phi) is 11.9. The number of nitrogens with zero attached hydrogens (tertiary/aromatic N) is 1. The van der Waals surface area contributed by atoms with Crippen molar-refractivity contribution in [3.63, 3.8) is 0 Å². The van der Waals surface area contributed by atoms with Crippen LogP contribution in [-0.4, -0.2) is 55.5 Å². The monoisotopic (exact) mass is 477 g/mol. The summed E-state index contributed by atoms with van der Waals surface area (Å²) in [7, 11) is 1.94. The molecule has 2 N–H and O–H groups in total. The zero-order valence-electron chi connectivity index (χ0n) is 19.3. The average Bonchev–Trinajstić information content (AvgIpc) is 3.52. The molecular weight excluding hydrogens is 444 g/mol. The number of hydrogen-bond donors (Lipinski definition) is 2. The van der Waals surface area contributed by atoms with E-state index in [4.69, 9.17) is 0 Å². The molecule has 180 valence electrons. The van der Waals surface area contributed by atoms with Gasteiger partial charge >= 0.3 is 0 Å². The van der Waals surface area contributed by atoms with Crippen LogP contribution in [0.1, 0.15) is 47.5 Å². The van der Waals surface area contributed by atoms with Gasteiger partial charge in [-0.3, -0.25) is 9.59 Å². The van der Waals surface area contributed by atoms with Crippen LogP contribution in [0.25, 0.3) is 0 Å². The molecule has 2 aromatic carbocycles. The second kappa shape index (κ2) is 14.6. The van der Waals surface area contributed by atoms with Crippen LogP contribution in [0.3, 0.4) is 0 Å². The molecule has 8 heteroatoms. The van der Waals surface area contributed by atoms with E-state index >= 15 is 0 Å². The quantitative estimate of drug-likeness (QED) is 0.605. The van der Waals surface area contributed by atoms with E-state index in [9.17, 15) is 18.4 Å². The van der Waals surface area contributed by atoms with Crippen molar-refractivity contribution >= 4 is 23.6 Å². The van der Waals surface area contributed by atoms with Crippen molar-refractivity contribution in [2.45, 2.75) is 31.6 Å². The van der Waals surface area contributed by atoms with Gasteiger partial charge in [-0.1, -0.05) is 12.1 Å². The first-order valence-corrected chi connectivity index (χ1v) is 12.5. The molecule has 0 atom stereocenters. The molecule has 0 unspecified atom stereocenters. The van der Waals surface area contributed by atoms with E-state index in [1.165, 1.54) is 54.8 Å². The maximum Gasteiger partial charge on any atom is 0.251 e. The summed E-state index contributed by atoms with van der Waals surface area (Å²) in [6.45, 7) is 1.53. The van der Waals surface area contributed by atoms with E-state index < -0.39 is 0 Å². The van der Waals surface area contributed by atoms with Crippen molar-refractivity contribution in [1.29, 1.82) is 0 Å². The number of hydrogen-bond acceptors (Lipinski definition) is 4. The summed E-state index contributed by atoms with van der Waals surface area (Å²) < 4.78 is 25.0. The first kappa shape index (κ1) is 26.8. The number of carbonyl (C=O) groups excluding carboxylic acids is 2. The van der Waals surface area contributed by atoms with E-state index in [0.29, 0.717) is 5.56 Å². The van der Waals surface area contributed by atoms with Crippen molar-refractivity contribution in [3.05, 3.63) is 71.3 Å². The first-order chi connectivity index (χ1) is 15.9. The third kappa shape index (κ3) is 10.4. The van der Waals surface area contributed by atoms with Gasteiger partial charge < -0.3 is 15.5 Å². The zero-order valence-corrected chi connectivity index (χ0v) is 20.1. The van der Waals surface area contributed by atoms with Gasteiger partial charge in [0, 0.05) is 24.5 Å². The SMILES string of the molecule is CNCSC.Fc1ccc(C2CC2)cc1.O=C(NCC(=O)N1CCCC1)c1ccc(F)cc1. The summed E-state index contributed by atoms with van der Waals surface area (Å²) in [5.41, 5.74) is 1.65. The van der Waals surface area contributed by atoms with E-state index in [0.717, 1.165) is 37.7 Å². The molecule has 2 fully saturated rings. The van der Waals surface area contributed by atoms with Crippen molar-refractivity contribution in [1.82, 2.24) is 15.5 Å². The maximum atomic E-state index is 12.7. The number of nitrogens with one attached hydrogen (secondary N) is 2. The van der Waals surface area contributed by atoms with Gasteiger partial charge in [-0.15, -0.1) is 11.8 Å². The van der Waals surface area contributed by atoms with Crippen LogP contribution in [0.4, 0.5) is 8.78 Å². The topological polar surface area (TPSA) is 61.4 Å². The lowest BCUT2D eigenvalue weighted by molar-refractivity contribution is -0.129. The lowest BCUT2D eigenvalue weighted by atomic mass is 10.1. The molecule has 2 aliphatic rings.